The second-order valence-electron chi connectivity index (χ2n) is 6.77. The van der Waals surface area contributed by atoms with Crippen LogP contribution in [0.2, 0.25) is 0 Å². The number of methoxy groups -OCH3 is 1. The molecule has 2 saturated heterocycles. The molecule has 2 aliphatic heterocycles. The van der Waals surface area contributed by atoms with Crippen molar-refractivity contribution in [1.29, 1.82) is 0 Å². The van der Waals surface area contributed by atoms with E-state index in [9.17, 15) is 4.79 Å². The first-order valence-electron chi connectivity index (χ1n) is 9.01. The molecule has 2 aliphatic rings. The SMILES string of the molecule is COc1ccccc1C1CCN(C(=O)NC[C@@H]2CCCOC2)CC1. The van der Waals surface area contributed by atoms with Crippen LogP contribution in [-0.2, 0) is 4.74 Å². The van der Waals surface area contributed by atoms with Crippen LogP contribution in [0.5, 0.6) is 5.75 Å². The molecule has 24 heavy (non-hydrogen) atoms. The van der Waals surface area contributed by atoms with Gasteiger partial charge in [-0.05, 0) is 49.1 Å². The van der Waals surface area contributed by atoms with Crippen molar-refractivity contribution in [2.24, 2.45) is 5.92 Å². The summed E-state index contributed by atoms with van der Waals surface area (Å²) < 4.78 is 10.9. The number of nitrogens with zero attached hydrogens (tertiary/aromatic N) is 1. The fourth-order valence-corrected chi connectivity index (χ4v) is 3.71. The van der Waals surface area contributed by atoms with Crippen molar-refractivity contribution in [3.05, 3.63) is 29.8 Å². The fraction of sp³-hybridized carbons (Fsp3) is 0.632. The third-order valence-corrected chi connectivity index (χ3v) is 5.16. The van der Waals surface area contributed by atoms with Crippen LogP contribution in [0.1, 0.15) is 37.2 Å². The number of benzene rings is 1. The number of likely N-dealkylation sites (tertiary alicyclic amines) is 1. The highest BCUT2D eigenvalue weighted by Crippen LogP contribution is 2.33. The van der Waals surface area contributed by atoms with Gasteiger partial charge in [0.2, 0.25) is 0 Å². The molecule has 0 saturated carbocycles. The first-order chi connectivity index (χ1) is 11.8. The Bertz CT molecular complexity index is 535. The number of hydrogen-bond donors (Lipinski definition) is 1. The van der Waals surface area contributed by atoms with Crippen LogP contribution >= 0.6 is 0 Å². The lowest BCUT2D eigenvalue weighted by atomic mass is 9.89. The van der Waals surface area contributed by atoms with E-state index in [4.69, 9.17) is 9.47 Å². The smallest absolute Gasteiger partial charge is 0.317 e. The summed E-state index contributed by atoms with van der Waals surface area (Å²) in [6, 6.07) is 8.28. The summed E-state index contributed by atoms with van der Waals surface area (Å²) in [4.78, 5) is 14.3. The van der Waals surface area contributed by atoms with E-state index < -0.39 is 0 Å². The predicted molar refractivity (Wildman–Crippen MR) is 93.5 cm³/mol. The van der Waals surface area contributed by atoms with Gasteiger partial charge in [-0.25, -0.2) is 4.79 Å². The van der Waals surface area contributed by atoms with Crippen LogP contribution in [0.25, 0.3) is 0 Å². The van der Waals surface area contributed by atoms with Gasteiger partial charge in [0.15, 0.2) is 0 Å². The number of amides is 2. The zero-order valence-corrected chi connectivity index (χ0v) is 14.5. The second kappa shape index (κ2) is 8.38. The zero-order chi connectivity index (χ0) is 16.8. The third kappa shape index (κ3) is 4.20. The first-order valence-corrected chi connectivity index (χ1v) is 9.01. The van der Waals surface area contributed by atoms with Gasteiger partial charge in [-0.1, -0.05) is 18.2 Å². The standard InChI is InChI=1S/C19H28N2O3/c1-23-18-7-3-2-6-17(18)16-8-10-21(11-9-16)19(22)20-13-15-5-4-12-24-14-15/h2-3,6-7,15-16H,4-5,8-14H2,1H3,(H,20,22)/t15-/m0/s1. The number of para-hydroxylation sites is 1. The Balaban J connectivity index is 1.46. The highest BCUT2D eigenvalue weighted by Gasteiger charge is 2.26. The molecule has 5 nitrogen and oxygen atoms in total. The van der Waals surface area contributed by atoms with Gasteiger partial charge in [0, 0.05) is 26.2 Å². The molecular weight excluding hydrogens is 304 g/mol. The lowest BCUT2D eigenvalue weighted by Crippen LogP contribution is -2.46. The van der Waals surface area contributed by atoms with Crippen molar-refractivity contribution in [2.75, 3.05) is 40.0 Å². The van der Waals surface area contributed by atoms with Crippen LogP contribution in [-0.4, -0.2) is 50.9 Å². The Labute approximate surface area is 144 Å². The molecule has 0 bridgehead atoms. The molecule has 3 rings (SSSR count). The molecule has 132 valence electrons. The molecule has 0 aromatic heterocycles. The molecule has 0 spiro atoms. The molecule has 1 aromatic carbocycles. The largest absolute Gasteiger partial charge is 0.496 e. The molecule has 0 aliphatic carbocycles. The van der Waals surface area contributed by atoms with E-state index in [1.165, 1.54) is 5.56 Å². The summed E-state index contributed by atoms with van der Waals surface area (Å²) in [5.74, 6) is 1.89. The van der Waals surface area contributed by atoms with Crippen molar-refractivity contribution in [3.8, 4) is 5.75 Å². The van der Waals surface area contributed by atoms with Gasteiger partial charge in [-0.3, -0.25) is 0 Å². The summed E-state index contributed by atoms with van der Waals surface area (Å²) in [7, 11) is 1.72. The molecular formula is C19H28N2O3. The Hall–Kier alpha value is -1.75. The number of carbonyl (C=O) groups is 1. The van der Waals surface area contributed by atoms with Crippen molar-refractivity contribution in [1.82, 2.24) is 10.2 Å². The number of rotatable bonds is 4. The number of urea groups is 1. The summed E-state index contributed by atoms with van der Waals surface area (Å²) in [6.07, 6.45) is 4.22. The Kier molecular flexibility index (Phi) is 5.96. The Morgan fingerprint density at radius 2 is 2.08 bits per heavy atom. The van der Waals surface area contributed by atoms with Crippen LogP contribution in [0, 0.1) is 5.92 Å². The summed E-state index contributed by atoms with van der Waals surface area (Å²) in [5, 5.41) is 3.08. The average Bonchev–Trinajstić information content (AvgIpc) is 2.67. The third-order valence-electron chi connectivity index (χ3n) is 5.16. The van der Waals surface area contributed by atoms with E-state index in [0.29, 0.717) is 11.8 Å². The van der Waals surface area contributed by atoms with E-state index in [1.807, 2.05) is 17.0 Å². The van der Waals surface area contributed by atoms with E-state index in [0.717, 1.165) is 64.3 Å². The summed E-state index contributed by atoms with van der Waals surface area (Å²) in [6.45, 7) is 3.97. The lowest BCUT2D eigenvalue weighted by molar-refractivity contribution is 0.0550. The maximum Gasteiger partial charge on any atom is 0.317 e. The average molecular weight is 332 g/mol. The number of piperidine rings is 1. The second-order valence-corrected chi connectivity index (χ2v) is 6.77. The summed E-state index contributed by atoms with van der Waals surface area (Å²) >= 11 is 0. The van der Waals surface area contributed by atoms with Gasteiger partial charge in [0.25, 0.3) is 0 Å². The molecule has 1 N–H and O–H groups in total. The number of carbonyl (C=O) groups excluding carboxylic acids is 1. The van der Waals surface area contributed by atoms with E-state index in [1.54, 1.807) is 7.11 Å². The first kappa shape index (κ1) is 17.1. The minimum atomic E-state index is 0.0686. The van der Waals surface area contributed by atoms with Crippen LogP contribution in [0.3, 0.4) is 0 Å². The molecule has 2 heterocycles. The normalized spacial score (nSPS) is 22.2. The van der Waals surface area contributed by atoms with E-state index in [-0.39, 0.29) is 6.03 Å². The number of hydrogen-bond acceptors (Lipinski definition) is 3. The maximum atomic E-state index is 12.4. The molecule has 1 aromatic rings. The molecule has 5 heteroatoms. The van der Waals surface area contributed by atoms with Crippen molar-refractivity contribution < 1.29 is 14.3 Å². The van der Waals surface area contributed by atoms with E-state index in [2.05, 4.69) is 17.4 Å². The predicted octanol–water partition coefficient (Wildman–Crippen LogP) is 3.01. The van der Waals surface area contributed by atoms with Crippen LogP contribution in [0.4, 0.5) is 4.79 Å². The zero-order valence-electron chi connectivity index (χ0n) is 14.5. The van der Waals surface area contributed by atoms with Gasteiger partial charge in [-0.2, -0.15) is 0 Å². The minimum Gasteiger partial charge on any atom is -0.496 e. The molecule has 2 amide bonds. The quantitative estimate of drug-likeness (QED) is 0.922. The Morgan fingerprint density at radius 3 is 2.79 bits per heavy atom. The molecule has 2 fully saturated rings. The topological polar surface area (TPSA) is 50.8 Å². The molecule has 1 atom stereocenters. The number of nitrogens with one attached hydrogen (secondary N) is 1. The lowest BCUT2D eigenvalue weighted by Gasteiger charge is -2.33. The van der Waals surface area contributed by atoms with Gasteiger partial charge >= 0.3 is 6.03 Å². The van der Waals surface area contributed by atoms with Gasteiger partial charge in [-0.15, -0.1) is 0 Å². The van der Waals surface area contributed by atoms with Crippen LogP contribution < -0.4 is 10.1 Å². The van der Waals surface area contributed by atoms with Crippen molar-refractivity contribution in [2.45, 2.75) is 31.6 Å². The monoisotopic (exact) mass is 332 g/mol. The highest BCUT2D eigenvalue weighted by atomic mass is 16.5. The summed E-state index contributed by atoms with van der Waals surface area (Å²) in [5.41, 5.74) is 1.26. The van der Waals surface area contributed by atoms with Gasteiger partial charge in [0.1, 0.15) is 5.75 Å². The minimum absolute atomic E-state index is 0.0686. The Morgan fingerprint density at radius 1 is 1.29 bits per heavy atom. The van der Waals surface area contributed by atoms with Crippen molar-refractivity contribution >= 4 is 6.03 Å². The maximum absolute atomic E-state index is 12.4. The number of ether oxygens (including phenoxy) is 2. The molecule has 0 radical (unpaired) electrons. The van der Waals surface area contributed by atoms with Gasteiger partial charge in [0.05, 0.1) is 13.7 Å². The van der Waals surface area contributed by atoms with Gasteiger partial charge < -0.3 is 19.7 Å². The van der Waals surface area contributed by atoms with Crippen molar-refractivity contribution in [3.63, 3.8) is 0 Å². The fourth-order valence-electron chi connectivity index (χ4n) is 3.71. The van der Waals surface area contributed by atoms with Crippen LogP contribution in [0.15, 0.2) is 24.3 Å². The van der Waals surface area contributed by atoms with E-state index >= 15 is 0 Å². The highest BCUT2D eigenvalue weighted by molar-refractivity contribution is 5.74. The molecule has 0 unspecified atom stereocenters.